The Morgan fingerprint density at radius 2 is 1.74 bits per heavy atom. The van der Waals surface area contributed by atoms with Crippen molar-refractivity contribution in [2.24, 2.45) is 5.92 Å². The van der Waals surface area contributed by atoms with E-state index in [-0.39, 0.29) is 18.4 Å². The molecule has 0 aliphatic carbocycles. The fourth-order valence-corrected chi connectivity index (χ4v) is 4.39. The van der Waals surface area contributed by atoms with Crippen molar-refractivity contribution < 1.29 is 19.1 Å². The molecule has 0 radical (unpaired) electrons. The summed E-state index contributed by atoms with van der Waals surface area (Å²) < 4.78 is 12.8. The van der Waals surface area contributed by atoms with Gasteiger partial charge in [-0.3, -0.25) is 14.5 Å². The summed E-state index contributed by atoms with van der Waals surface area (Å²) in [6, 6.07) is 21.0. The molecule has 4 aromatic rings. The molecule has 0 unspecified atom stereocenters. The molecule has 1 aromatic heterocycles. The number of para-hydroxylation sites is 2. The van der Waals surface area contributed by atoms with Crippen LogP contribution in [0.5, 0.6) is 11.5 Å². The number of nitrogens with one attached hydrogen (secondary N) is 1. The molecule has 1 atom stereocenters. The monoisotopic (exact) mass is 529 g/mol. The molecule has 0 bridgehead atoms. The summed E-state index contributed by atoms with van der Waals surface area (Å²) in [6.45, 7) is 6.95. The molecule has 9 heteroatoms. The van der Waals surface area contributed by atoms with Gasteiger partial charge >= 0.3 is 0 Å². The minimum atomic E-state index is -0.966. The number of anilines is 1. The fraction of sp³-hybridized carbons (Fsp3) is 0.333. The number of carbonyl (C=O) groups is 2. The van der Waals surface area contributed by atoms with E-state index in [9.17, 15) is 9.59 Å². The van der Waals surface area contributed by atoms with Gasteiger partial charge in [0.05, 0.1) is 19.2 Å². The summed E-state index contributed by atoms with van der Waals surface area (Å²) in [5, 5.41) is 11.4. The second-order valence-corrected chi connectivity index (χ2v) is 9.55. The number of fused-ring (bicyclic) bond motifs is 1. The Hall–Kier alpha value is -4.40. The molecule has 39 heavy (non-hydrogen) atoms. The van der Waals surface area contributed by atoms with E-state index in [2.05, 4.69) is 29.5 Å². The maximum absolute atomic E-state index is 14.1. The highest BCUT2D eigenvalue weighted by Gasteiger charge is 2.34. The molecule has 1 heterocycles. The molecule has 1 N–H and O–H groups in total. The molecule has 0 aliphatic rings. The van der Waals surface area contributed by atoms with Gasteiger partial charge in [0.25, 0.3) is 0 Å². The molecule has 2 amide bonds. The summed E-state index contributed by atoms with van der Waals surface area (Å²) in [5.74, 6) is 0.865. The SMILES string of the molecule is CCOc1ccc([C@H](C(=O)NCCC(C)C)N(C(=O)Cn2nnc3ccccc32)c2ccccc2)cc1OC. The maximum Gasteiger partial charge on any atom is 0.249 e. The first-order valence-corrected chi connectivity index (χ1v) is 13.2. The third-order valence-electron chi connectivity index (χ3n) is 6.34. The number of amides is 2. The van der Waals surface area contributed by atoms with Crippen LogP contribution in [0.1, 0.15) is 38.8 Å². The summed E-state index contributed by atoms with van der Waals surface area (Å²) in [4.78, 5) is 29.5. The van der Waals surface area contributed by atoms with Crippen molar-refractivity contribution in [3.05, 3.63) is 78.4 Å². The molecular weight excluding hydrogens is 494 g/mol. The van der Waals surface area contributed by atoms with Crippen LogP contribution in [0.15, 0.2) is 72.8 Å². The van der Waals surface area contributed by atoms with E-state index >= 15 is 0 Å². The van der Waals surface area contributed by atoms with Gasteiger partial charge in [0.1, 0.15) is 18.1 Å². The van der Waals surface area contributed by atoms with Gasteiger partial charge in [-0.25, -0.2) is 4.68 Å². The molecule has 0 spiro atoms. The quantitative estimate of drug-likeness (QED) is 0.284. The van der Waals surface area contributed by atoms with Gasteiger partial charge in [0.15, 0.2) is 11.5 Å². The lowest BCUT2D eigenvalue weighted by Gasteiger charge is -2.32. The molecule has 0 fully saturated rings. The van der Waals surface area contributed by atoms with Crippen molar-refractivity contribution in [1.29, 1.82) is 0 Å². The van der Waals surface area contributed by atoms with Gasteiger partial charge in [-0.2, -0.15) is 0 Å². The van der Waals surface area contributed by atoms with Crippen LogP contribution in [0.4, 0.5) is 5.69 Å². The highest BCUT2D eigenvalue weighted by atomic mass is 16.5. The number of aromatic nitrogens is 3. The number of rotatable bonds is 12. The largest absolute Gasteiger partial charge is 0.493 e. The number of benzene rings is 3. The molecule has 0 saturated heterocycles. The van der Waals surface area contributed by atoms with Gasteiger partial charge in [-0.15, -0.1) is 5.10 Å². The standard InChI is InChI=1S/C30H35N5O4/c1-5-39-26-16-15-22(19-27(26)38-4)29(30(37)31-18-17-21(2)3)35(23-11-7-6-8-12-23)28(36)20-34-25-14-10-9-13-24(25)32-33-34/h6-16,19,21,29H,5,17-18,20H2,1-4H3,(H,31,37)/t29-/m1/s1. The zero-order valence-corrected chi connectivity index (χ0v) is 22.8. The third-order valence-corrected chi connectivity index (χ3v) is 6.34. The summed E-state index contributed by atoms with van der Waals surface area (Å²) in [5.41, 5.74) is 2.61. The lowest BCUT2D eigenvalue weighted by atomic mass is 10.0. The van der Waals surface area contributed by atoms with E-state index in [1.54, 1.807) is 30.0 Å². The zero-order chi connectivity index (χ0) is 27.8. The first-order chi connectivity index (χ1) is 18.9. The number of nitrogens with zero attached hydrogens (tertiary/aromatic N) is 4. The fourth-order valence-electron chi connectivity index (χ4n) is 4.39. The van der Waals surface area contributed by atoms with Crippen LogP contribution in [-0.4, -0.2) is 47.1 Å². The predicted octanol–water partition coefficient (Wildman–Crippen LogP) is 4.78. The predicted molar refractivity (Wildman–Crippen MR) is 151 cm³/mol. The van der Waals surface area contributed by atoms with Gasteiger partial charge < -0.3 is 14.8 Å². The lowest BCUT2D eigenvalue weighted by molar-refractivity contribution is -0.127. The second-order valence-electron chi connectivity index (χ2n) is 9.55. The van der Waals surface area contributed by atoms with Gasteiger partial charge in [-0.1, -0.05) is 55.5 Å². The Kier molecular flexibility index (Phi) is 9.14. The molecule has 204 valence electrons. The van der Waals surface area contributed by atoms with Crippen molar-refractivity contribution in [3.63, 3.8) is 0 Å². The molecule has 0 saturated carbocycles. The summed E-state index contributed by atoms with van der Waals surface area (Å²) >= 11 is 0. The summed E-state index contributed by atoms with van der Waals surface area (Å²) in [6.07, 6.45) is 0.815. The first kappa shape index (κ1) is 27.6. The number of methoxy groups -OCH3 is 1. The van der Waals surface area contributed by atoms with Crippen molar-refractivity contribution in [2.75, 3.05) is 25.2 Å². The van der Waals surface area contributed by atoms with E-state index in [0.29, 0.717) is 47.3 Å². The van der Waals surface area contributed by atoms with Crippen LogP contribution in [0.25, 0.3) is 11.0 Å². The average molecular weight is 530 g/mol. The molecule has 0 aliphatic heterocycles. The third kappa shape index (κ3) is 6.54. The van der Waals surface area contributed by atoms with Crippen molar-refractivity contribution in [2.45, 2.75) is 39.8 Å². The maximum atomic E-state index is 14.1. The molecule has 3 aromatic carbocycles. The van der Waals surface area contributed by atoms with E-state index in [4.69, 9.17) is 9.47 Å². The van der Waals surface area contributed by atoms with E-state index in [1.165, 1.54) is 4.90 Å². The lowest BCUT2D eigenvalue weighted by Crippen LogP contribution is -2.45. The van der Waals surface area contributed by atoms with Crippen LogP contribution < -0.4 is 19.7 Å². The first-order valence-electron chi connectivity index (χ1n) is 13.2. The van der Waals surface area contributed by atoms with Crippen molar-refractivity contribution in [1.82, 2.24) is 20.3 Å². The summed E-state index contributed by atoms with van der Waals surface area (Å²) in [7, 11) is 1.55. The minimum Gasteiger partial charge on any atom is -0.493 e. The molecular formula is C30H35N5O4. The Bertz CT molecular complexity index is 1400. The van der Waals surface area contributed by atoms with E-state index in [1.807, 2.05) is 61.5 Å². The highest BCUT2D eigenvalue weighted by molar-refractivity contribution is 6.01. The van der Waals surface area contributed by atoms with E-state index < -0.39 is 6.04 Å². The highest BCUT2D eigenvalue weighted by Crippen LogP contribution is 2.35. The van der Waals surface area contributed by atoms with Crippen molar-refractivity contribution in [3.8, 4) is 11.5 Å². The van der Waals surface area contributed by atoms with Crippen LogP contribution in [0.3, 0.4) is 0 Å². The van der Waals surface area contributed by atoms with Gasteiger partial charge in [-0.05, 0) is 61.2 Å². The number of carbonyl (C=O) groups excluding carboxylic acids is 2. The second kappa shape index (κ2) is 12.9. The normalized spacial score (nSPS) is 11.8. The Balaban J connectivity index is 1.78. The van der Waals surface area contributed by atoms with Crippen LogP contribution >= 0.6 is 0 Å². The molecule has 9 nitrogen and oxygen atoms in total. The van der Waals surface area contributed by atoms with Crippen LogP contribution in [0.2, 0.25) is 0 Å². The zero-order valence-electron chi connectivity index (χ0n) is 22.8. The minimum absolute atomic E-state index is 0.0979. The Labute approximate surface area is 228 Å². The topological polar surface area (TPSA) is 98.6 Å². The van der Waals surface area contributed by atoms with Crippen molar-refractivity contribution >= 4 is 28.5 Å². The number of hydrogen-bond donors (Lipinski definition) is 1. The van der Waals surface area contributed by atoms with Gasteiger partial charge in [0.2, 0.25) is 11.8 Å². The Morgan fingerprint density at radius 3 is 2.46 bits per heavy atom. The molecule has 4 rings (SSSR count). The number of hydrogen-bond acceptors (Lipinski definition) is 6. The average Bonchev–Trinajstić information content (AvgIpc) is 3.34. The van der Waals surface area contributed by atoms with Crippen LogP contribution in [0, 0.1) is 5.92 Å². The van der Waals surface area contributed by atoms with Gasteiger partial charge in [0, 0.05) is 12.2 Å². The Morgan fingerprint density at radius 1 is 1.00 bits per heavy atom. The van der Waals surface area contributed by atoms with Crippen LogP contribution in [-0.2, 0) is 16.1 Å². The smallest absolute Gasteiger partial charge is 0.249 e. The number of ether oxygens (including phenoxy) is 2. The van der Waals surface area contributed by atoms with E-state index in [0.717, 1.165) is 11.9 Å².